The van der Waals surface area contributed by atoms with Gasteiger partial charge in [0.1, 0.15) is 16.6 Å². The number of carbonyl (C=O) groups is 1. The van der Waals surface area contributed by atoms with Crippen molar-refractivity contribution in [3.8, 4) is 0 Å². The van der Waals surface area contributed by atoms with Gasteiger partial charge in [-0.25, -0.2) is 8.42 Å². The number of fused-ring (bicyclic) bond motifs is 1. The van der Waals surface area contributed by atoms with Crippen LogP contribution in [0, 0.1) is 6.92 Å². The molecule has 3 fully saturated rings. The third-order valence-electron chi connectivity index (χ3n) is 5.75. The lowest BCUT2D eigenvalue weighted by Gasteiger charge is -2.39. The van der Waals surface area contributed by atoms with E-state index < -0.39 is 20.9 Å². The van der Waals surface area contributed by atoms with Gasteiger partial charge in [0.15, 0.2) is 5.69 Å². The van der Waals surface area contributed by atoms with Gasteiger partial charge in [-0.05, 0) is 31.0 Å². The van der Waals surface area contributed by atoms with Crippen molar-refractivity contribution < 1.29 is 22.5 Å². The highest BCUT2D eigenvalue weighted by molar-refractivity contribution is 7.90. The van der Waals surface area contributed by atoms with Gasteiger partial charge in [0.2, 0.25) is 10.0 Å². The molecule has 5 heterocycles. The molecule has 1 amide bonds. The minimum absolute atomic E-state index is 0.227. The average molecular weight is 404 g/mol. The van der Waals surface area contributed by atoms with Crippen LogP contribution in [0.3, 0.4) is 0 Å². The number of aromatic nitrogens is 2. The Hall–Kier alpha value is -2.30. The van der Waals surface area contributed by atoms with E-state index in [1.54, 1.807) is 42.4 Å². The Morgan fingerprint density at radius 1 is 1.32 bits per heavy atom. The SMILES string of the molecule is Cc1cc(C(=O)N2C[C@@H]3C[C@@H]4[C@@](C2)(CN(Cc2ccncc2)S4(=O)=O)O3)no1. The lowest BCUT2D eigenvalue weighted by molar-refractivity contribution is -0.0981. The summed E-state index contributed by atoms with van der Waals surface area (Å²) in [5, 5.41) is 3.17. The number of pyridine rings is 1. The number of hydrogen-bond acceptors (Lipinski definition) is 7. The second-order valence-electron chi connectivity index (χ2n) is 7.71. The van der Waals surface area contributed by atoms with Crippen molar-refractivity contribution in [3.05, 3.63) is 47.6 Å². The first kappa shape index (κ1) is 17.8. The van der Waals surface area contributed by atoms with Crippen molar-refractivity contribution in [3.63, 3.8) is 0 Å². The zero-order valence-electron chi connectivity index (χ0n) is 15.3. The third kappa shape index (κ3) is 2.66. The number of carbonyl (C=O) groups excluding carboxylic acids is 1. The molecule has 0 aliphatic carbocycles. The van der Waals surface area contributed by atoms with Gasteiger partial charge >= 0.3 is 0 Å². The van der Waals surface area contributed by atoms with Crippen LogP contribution in [-0.4, -0.2) is 70.3 Å². The monoisotopic (exact) mass is 404 g/mol. The number of likely N-dealkylation sites (tertiary alicyclic amines) is 1. The van der Waals surface area contributed by atoms with Crippen LogP contribution in [0.15, 0.2) is 35.1 Å². The van der Waals surface area contributed by atoms with Crippen LogP contribution in [0.5, 0.6) is 0 Å². The molecule has 28 heavy (non-hydrogen) atoms. The summed E-state index contributed by atoms with van der Waals surface area (Å²) < 4.78 is 39.0. The second kappa shape index (κ2) is 6.10. The topological polar surface area (TPSA) is 106 Å². The Labute approximate surface area is 162 Å². The molecule has 9 nitrogen and oxygen atoms in total. The first-order valence-corrected chi connectivity index (χ1v) is 10.7. The second-order valence-corrected chi connectivity index (χ2v) is 9.82. The Morgan fingerprint density at radius 2 is 2.11 bits per heavy atom. The van der Waals surface area contributed by atoms with Crippen molar-refractivity contribution in [2.75, 3.05) is 19.6 Å². The predicted octanol–water partition coefficient (Wildman–Crippen LogP) is 0.576. The van der Waals surface area contributed by atoms with E-state index in [9.17, 15) is 13.2 Å². The molecule has 0 N–H and O–H groups in total. The summed E-state index contributed by atoms with van der Waals surface area (Å²) in [6.07, 6.45) is 3.40. The maximum atomic E-state index is 13.2. The third-order valence-corrected chi connectivity index (χ3v) is 8.07. The maximum Gasteiger partial charge on any atom is 0.276 e. The molecule has 2 aromatic heterocycles. The van der Waals surface area contributed by atoms with Gasteiger partial charge in [-0.2, -0.15) is 4.31 Å². The lowest BCUT2D eigenvalue weighted by atomic mass is 9.99. The van der Waals surface area contributed by atoms with Gasteiger partial charge in [0, 0.05) is 38.1 Å². The van der Waals surface area contributed by atoms with Gasteiger partial charge in [-0.15, -0.1) is 0 Å². The fraction of sp³-hybridized carbons (Fsp3) is 0.500. The van der Waals surface area contributed by atoms with Crippen molar-refractivity contribution in [1.29, 1.82) is 0 Å². The van der Waals surface area contributed by atoms with E-state index in [0.717, 1.165) is 5.56 Å². The first-order valence-electron chi connectivity index (χ1n) is 9.16. The number of aryl methyl sites for hydroxylation is 1. The van der Waals surface area contributed by atoms with Crippen LogP contribution in [0.25, 0.3) is 0 Å². The molecule has 3 aliphatic rings. The molecular formula is C18H20N4O5S. The lowest BCUT2D eigenvalue weighted by Crippen LogP contribution is -2.56. The molecule has 10 heteroatoms. The molecule has 3 atom stereocenters. The van der Waals surface area contributed by atoms with Gasteiger partial charge in [0.05, 0.1) is 12.6 Å². The number of nitrogens with zero attached hydrogens (tertiary/aromatic N) is 4. The number of amides is 1. The summed E-state index contributed by atoms with van der Waals surface area (Å²) in [6.45, 7) is 2.82. The van der Waals surface area contributed by atoms with E-state index in [0.29, 0.717) is 18.7 Å². The Balaban J connectivity index is 1.41. The standard InChI is InChI=1S/C18H20N4O5S/c1-12-6-15(20-27-12)17(23)21-9-14-7-16-18(10-21,26-14)11-22(28(16,24)25)8-13-2-4-19-5-3-13/h2-6,14,16H,7-11H2,1H3/t14-,16+,18+/m0/s1. The number of sulfonamides is 1. The van der Waals surface area contributed by atoms with Gasteiger partial charge < -0.3 is 14.2 Å². The van der Waals surface area contributed by atoms with Crippen molar-refractivity contribution in [2.45, 2.75) is 36.8 Å². The largest absolute Gasteiger partial charge is 0.365 e. The smallest absolute Gasteiger partial charge is 0.276 e. The zero-order valence-corrected chi connectivity index (χ0v) is 16.1. The van der Waals surface area contributed by atoms with Gasteiger partial charge in [0.25, 0.3) is 5.91 Å². The summed E-state index contributed by atoms with van der Waals surface area (Å²) in [7, 11) is -3.52. The molecule has 3 saturated heterocycles. The maximum absolute atomic E-state index is 13.2. The van der Waals surface area contributed by atoms with E-state index in [1.807, 2.05) is 0 Å². The predicted molar refractivity (Wildman–Crippen MR) is 96.7 cm³/mol. The summed E-state index contributed by atoms with van der Waals surface area (Å²) in [6, 6.07) is 5.19. The molecule has 3 aliphatic heterocycles. The number of morpholine rings is 1. The van der Waals surface area contributed by atoms with Crippen LogP contribution in [0.4, 0.5) is 0 Å². The van der Waals surface area contributed by atoms with E-state index in [2.05, 4.69) is 10.1 Å². The van der Waals surface area contributed by atoms with Crippen molar-refractivity contribution >= 4 is 15.9 Å². The molecule has 2 aromatic rings. The van der Waals surface area contributed by atoms with Crippen LogP contribution >= 0.6 is 0 Å². The Morgan fingerprint density at radius 3 is 2.82 bits per heavy atom. The van der Waals surface area contributed by atoms with E-state index in [-0.39, 0.29) is 37.3 Å². The number of rotatable bonds is 3. The molecule has 148 valence electrons. The minimum Gasteiger partial charge on any atom is -0.365 e. The normalized spacial score (nSPS) is 31.1. The average Bonchev–Trinajstić information content (AvgIpc) is 3.27. The molecule has 0 radical (unpaired) electrons. The zero-order chi connectivity index (χ0) is 19.5. The van der Waals surface area contributed by atoms with E-state index in [4.69, 9.17) is 9.26 Å². The quantitative estimate of drug-likeness (QED) is 0.736. The van der Waals surface area contributed by atoms with Crippen LogP contribution in [0.1, 0.15) is 28.2 Å². The first-order chi connectivity index (χ1) is 13.4. The van der Waals surface area contributed by atoms with Crippen LogP contribution in [-0.2, 0) is 21.3 Å². The van der Waals surface area contributed by atoms with Crippen molar-refractivity contribution in [2.24, 2.45) is 0 Å². The highest BCUT2D eigenvalue weighted by Crippen LogP contribution is 2.47. The van der Waals surface area contributed by atoms with Gasteiger partial charge in [-0.3, -0.25) is 9.78 Å². The minimum atomic E-state index is -3.52. The van der Waals surface area contributed by atoms with E-state index >= 15 is 0 Å². The Kier molecular flexibility index (Phi) is 3.87. The van der Waals surface area contributed by atoms with E-state index in [1.165, 1.54) is 4.31 Å². The summed E-state index contributed by atoms with van der Waals surface area (Å²) in [5.74, 6) is 0.303. The molecular weight excluding hydrogens is 384 g/mol. The highest BCUT2D eigenvalue weighted by atomic mass is 32.2. The molecule has 0 saturated carbocycles. The summed E-state index contributed by atoms with van der Waals surface area (Å²) in [5.41, 5.74) is 0.206. The van der Waals surface area contributed by atoms with Crippen molar-refractivity contribution in [1.82, 2.24) is 19.3 Å². The fourth-order valence-corrected chi connectivity index (χ4v) is 6.86. The number of hydrogen-bond donors (Lipinski definition) is 0. The molecule has 5 rings (SSSR count). The molecule has 1 spiro atoms. The summed E-state index contributed by atoms with van der Waals surface area (Å²) >= 11 is 0. The van der Waals surface area contributed by atoms with Crippen LogP contribution in [0.2, 0.25) is 0 Å². The number of ether oxygens (including phenoxy) is 1. The molecule has 0 aromatic carbocycles. The highest BCUT2D eigenvalue weighted by Gasteiger charge is 2.65. The molecule has 2 bridgehead atoms. The van der Waals surface area contributed by atoms with Gasteiger partial charge in [-0.1, -0.05) is 5.16 Å². The summed E-state index contributed by atoms with van der Waals surface area (Å²) in [4.78, 5) is 18.5. The van der Waals surface area contributed by atoms with Crippen LogP contribution < -0.4 is 0 Å². The fourth-order valence-electron chi connectivity index (χ4n) is 4.57. The molecule has 0 unspecified atom stereocenters. The Bertz CT molecular complexity index is 1020.